The summed E-state index contributed by atoms with van der Waals surface area (Å²) in [6, 6.07) is 7.25. The molecule has 0 bridgehead atoms. The van der Waals surface area contributed by atoms with Gasteiger partial charge in [-0.05, 0) is 19.5 Å². The van der Waals surface area contributed by atoms with Crippen LogP contribution in [-0.2, 0) is 4.79 Å². The fraction of sp³-hybridized carbons (Fsp3) is 0.417. The van der Waals surface area contributed by atoms with Gasteiger partial charge in [0.25, 0.3) is 0 Å². The van der Waals surface area contributed by atoms with Gasteiger partial charge in [-0.1, -0.05) is 25.1 Å². The summed E-state index contributed by atoms with van der Waals surface area (Å²) in [6.45, 7) is 4.66. The van der Waals surface area contributed by atoms with E-state index in [1.807, 2.05) is 19.1 Å². The molecule has 1 aromatic rings. The van der Waals surface area contributed by atoms with E-state index in [-0.39, 0.29) is 12.5 Å². The van der Waals surface area contributed by atoms with Crippen LogP contribution in [0.5, 0.6) is 0 Å². The third kappa shape index (κ3) is 3.64. The summed E-state index contributed by atoms with van der Waals surface area (Å²) in [6.07, 6.45) is -0.587. The number of carbonyl (C=O) groups is 1. The van der Waals surface area contributed by atoms with E-state index in [0.717, 1.165) is 12.1 Å². The van der Waals surface area contributed by atoms with Crippen molar-refractivity contribution in [3.63, 3.8) is 0 Å². The summed E-state index contributed by atoms with van der Waals surface area (Å²) in [5.74, 6) is -0.102. The van der Waals surface area contributed by atoms with Crippen LogP contribution in [0.4, 0.5) is 5.69 Å². The van der Waals surface area contributed by atoms with Crippen LogP contribution in [0, 0.1) is 0 Å². The lowest BCUT2D eigenvalue weighted by molar-refractivity contribution is -0.115. The largest absolute Gasteiger partial charge is 0.389 e. The maximum Gasteiger partial charge on any atom is 0.238 e. The Balaban J connectivity index is 2.69. The fourth-order valence-corrected chi connectivity index (χ4v) is 1.41. The molecule has 0 saturated carbocycles. The van der Waals surface area contributed by atoms with Crippen LogP contribution in [0.1, 0.15) is 25.5 Å². The summed E-state index contributed by atoms with van der Waals surface area (Å²) in [5.41, 5.74) is 1.40. The van der Waals surface area contributed by atoms with Crippen LogP contribution >= 0.6 is 0 Å². The number of amides is 1. The number of anilines is 1. The van der Waals surface area contributed by atoms with Crippen molar-refractivity contribution in [3.05, 3.63) is 29.8 Å². The maximum absolute atomic E-state index is 11.5. The molecule has 0 aliphatic rings. The van der Waals surface area contributed by atoms with E-state index >= 15 is 0 Å². The van der Waals surface area contributed by atoms with Gasteiger partial charge in [0.05, 0.1) is 12.6 Å². The first-order chi connectivity index (χ1) is 7.65. The van der Waals surface area contributed by atoms with E-state index in [1.54, 1.807) is 19.1 Å². The van der Waals surface area contributed by atoms with Crippen LogP contribution in [0.25, 0.3) is 0 Å². The van der Waals surface area contributed by atoms with Gasteiger partial charge < -0.3 is 15.7 Å². The Bertz CT molecular complexity index is 351. The number of likely N-dealkylation sites (N-methyl/N-ethyl adjacent to an activating group) is 1. The minimum absolute atomic E-state index is 0.102. The highest BCUT2D eigenvalue weighted by molar-refractivity contribution is 5.93. The summed E-state index contributed by atoms with van der Waals surface area (Å²) in [4.78, 5) is 11.5. The molecule has 0 spiro atoms. The molecule has 4 nitrogen and oxygen atoms in total. The van der Waals surface area contributed by atoms with Gasteiger partial charge in [-0.15, -0.1) is 0 Å². The number of aliphatic hydroxyl groups excluding tert-OH is 1. The zero-order valence-corrected chi connectivity index (χ0v) is 9.66. The van der Waals surface area contributed by atoms with Crippen LogP contribution in [0.3, 0.4) is 0 Å². The van der Waals surface area contributed by atoms with Gasteiger partial charge in [0.1, 0.15) is 0 Å². The normalized spacial score (nSPS) is 12.2. The molecule has 0 aliphatic heterocycles. The van der Waals surface area contributed by atoms with E-state index in [2.05, 4.69) is 10.6 Å². The van der Waals surface area contributed by atoms with Crippen molar-refractivity contribution in [3.8, 4) is 0 Å². The van der Waals surface area contributed by atoms with Gasteiger partial charge in [0, 0.05) is 11.3 Å². The predicted octanol–water partition coefficient (Wildman–Crippen LogP) is 1.29. The average Bonchev–Trinajstić information content (AvgIpc) is 2.27. The molecule has 88 valence electrons. The Labute approximate surface area is 95.7 Å². The van der Waals surface area contributed by atoms with Gasteiger partial charge >= 0.3 is 0 Å². The van der Waals surface area contributed by atoms with E-state index in [9.17, 15) is 9.90 Å². The second-order valence-electron chi connectivity index (χ2n) is 3.59. The molecule has 0 radical (unpaired) electrons. The average molecular weight is 222 g/mol. The summed E-state index contributed by atoms with van der Waals surface area (Å²) in [5, 5.41) is 15.2. The smallest absolute Gasteiger partial charge is 0.238 e. The predicted molar refractivity (Wildman–Crippen MR) is 64.2 cm³/mol. The lowest BCUT2D eigenvalue weighted by Crippen LogP contribution is -2.28. The van der Waals surface area contributed by atoms with Gasteiger partial charge in [-0.2, -0.15) is 0 Å². The van der Waals surface area contributed by atoms with Crippen LogP contribution in [0.15, 0.2) is 24.3 Å². The Morgan fingerprint density at radius 2 is 2.12 bits per heavy atom. The Hall–Kier alpha value is -1.39. The molecular weight excluding hydrogens is 204 g/mol. The molecule has 0 heterocycles. The number of carbonyl (C=O) groups excluding carboxylic acids is 1. The molecule has 1 atom stereocenters. The standard InChI is InChI=1S/C12H18N2O2/c1-3-13-8-12(16)14-11-7-5-4-6-10(11)9(2)15/h4-7,9,13,15H,3,8H2,1-2H3,(H,14,16). The van der Waals surface area contributed by atoms with Crippen molar-refractivity contribution in [2.24, 2.45) is 0 Å². The highest BCUT2D eigenvalue weighted by Crippen LogP contribution is 2.21. The van der Waals surface area contributed by atoms with E-state index in [0.29, 0.717) is 5.69 Å². The second kappa shape index (κ2) is 6.25. The molecule has 0 aromatic heterocycles. The van der Waals surface area contributed by atoms with Gasteiger partial charge in [-0.25, -0.2) is 0 Å². The molecule has 16 heavy (non-hydrogen) atoms. The van der Waals surface area contributed by atoms with Crippen LogP contribution in [0.2, 0.25) is 0 Å². The van der Waals surface area contributed by atoms with Crippen molar-refractivity contribution in [2.75, 3.05) is 18.4 Å². The lowest BCUT2D eigenvalue weighted by atomic mass is 10.1. The Morgan fingerprint density at radius 3 is 2.75 bits per heavy atom. The fourth-order valence-electron chi connectivity index (χ4n) is 1.41. The monoisotopic (exact) mass is 222 g/mol. The van der Waals surface area contributed by atoms with Gasteiger partial charge in [-0.3, -0.25) is 4.79 Å². The van der Waals surface area contributed by atoms with Crippen LogP contribution in [-0.4, -0.2) is 24.1 Å². The highest BCUT2D eigenvalue weighted by atomic mass is 16.3. The zero-order chi connectivity index (χ0) is 12.0. The number of rotatable bonds is 5. The van der Waals surface area contributed by atoms with Crippen molar-refractivity contribution >= 4 is 11.6 Å². The molecule has 3 N–H and O–H groups in total. The molecule has 1 unspecified atom stereocenters. The molecule has 1 rings (SSSR count). The molecule has 1 amide bonds. The number of hydrogen-bond acceptors (Lipinski definition) is 3. The molecule has 0 saturated heterocycles. The molecule has 0 aliphatic carbocycles. The molecule has 1 aromatic carbocycles. The Morgan fingerprint density at radius 1 is 1.44 bits per heavy atom. The number of para-hydroxylation sites is 1. The van der Waals surface area contributed by atoms with E-state index in [1.165, 1.54) is 0 Å². The lowest BCUT2D eigenvalue weighted by Gasteiger charge is -2.12. The van der Waals surface area contributed by atoms with Crippen molar-refractivity contribution < 1.29 is 9.90 Å². The first-order valence-electron chi connectivity index (χ1n) is 5.42. The van der Waals surface area contributed by atoms with Gasteiger partial charge in [0.2, 0.25) is 5.91 Å². The number of hydrogen-bond donors (Lipinski definition) is 3. The van der Waals surface area contributed by atoms with E-state index < -0.39 is 6.10 Å². The summed E-state index contributed by atoms with van der Waals surface area (Å²) in [7, 11) is 0. The van der Waals surface area contributed by atoms with Crippen molar-refractivity contribution in [1.29, 1.82) is 0 Å². The van der Waals surface area contributed by atoms with Crippen molar-refractivity contribution in [1.82, 2.24) is 5.32 Å². The summed E-state index contributed by atoms with van der Waals surface area (Å²) < 4.78 is 0. The maximum atomic E-state index is 11.5. The molecule has 0 fully saturated rings. The Kier molecular flexibility index (Phi) is 4.95. The first-order valence-corrected chi connectivity index (χ1v) is 5.42. The highest BCUT2D eigenvalue weighted by Gasteiger charge is 2.09. The third-order valence-electron chi connectivity index (χ3n) is 2.22. The molecular formula is C12H18N2O2. The minimum atomic E-state index is -0.587. The topological polar surface area (TPSA) is 61.4 Å². The van der Waals surface area contributed by atoms with E-state index in [4.69, 9.17) is 0 Å². The quantitative estimate of drug-likeness (QED) is 0.703. The van der Waals surface area contributed by atoms with Crippen molar-refractivity contribution in [2.45, 2.75) is 20.0 Å². The summed E-state index contributed by atoms with van der Waals surface area (Å²) >= 11 is 0. The SMILES string of the molecule is CCNCC(=O)Nc1ccccc1C(C)O. The number of aliphatic hydroxyl groups is 1. The number of nitrogens with one attached hydrogen (secondary N) is 2. The second-order valence-corrected chi connectivity index (χ2v) is 3.59. The first kappa shape index (κ1) is 12.7. The third-order valence-corrected chi connectivity index (χ3v) is 2.22. The molecule has 4 heteroatoms. The van der Waals surface area contributed by atoms with Crippen LogP contribution < -0.4 is 10.6 Å². The minimum Gasteiger partial charge on any atom is -0.389 e. The van der Waals surface area contributed by atoms with Gasteiger partial charge in [0.15, 0.2) is 0 Å². The zero-order valence-electron chi connectivity index (χ0n) is 9.66. The number of benzene rings is 1.